The zero-order chi connectivity index (χ0) is 12.3. The van der Waals surface area contributed by atoms with Crippen LogP contribution in [0.1, 0.15) is 15.9 Å². The smallest absolute Gasteiger partial charge is 0.377 e. The number of carboxylic acids is 1. The molecule has 0 saturated heterocycles. The summed E-state index contributed by atoms with van der Waals surface area (Å²) in [6.45, 7) is 0. The van der Waals surface area contributed by atoms with Gasteiger partial charge in [-0.25, -0.2) is 9.18 Å². The summed E-state index contributed by atoms with van der Waals surface area (Å²) in [4.78, 5) is 21.4. The van der Waals surface area contributed by atoms with E-state index in [4.69, 9.17) is 10.4 Å². The maximum Gasteiger partial charge on any atom is 0.377 e. The Kier molecular flexibility index (Phi) is 3.20. The van der Waals surface area contributed by atoms with Crippen LogP contribution in [0, 0.1) is 17.1 Å². The van der Waals surface area contributed by atoms with E-state index in [0.717, 1.165) is 19.2 Å². The lowest BCUT2D eigenvalue weighted by atomic mass is 10.1. The summed E-state index contributed by atoms with van der Waals surface area (Å²) in [7, 11) is 1.16. The molecule has 0 unspecified atom stereocenters. The SMILES string of the molecule is COc1c(F)cc(C(=O)C(=O)O)cc1C#N. The molecule has 1 aromatic carbocycles. The number of hydrogen-bond acceptors (Lipinski definition) is 4. The molecule has 0 aliphatic rings. The number of hydrogen-bond donors (Lipinski definition) is 1. The first-order valence-electron chi connectivity index (χ1n) is 4.06. The number of methoxy groups -OCH3 is 1. The van der Waals surface area contributed by atoms with Crippen LogP contribution in [0.2, 0.25) is 0 Å². The molecule has 0 amide bonds. The molecule has 1 N–H and O–H groups in total. The van der Waals surface area contributed by atoms with Crippen LogP contribution < -0.4 is 4.74 Å². The highest BCUT2D eigenvalue weighted by atomic mass is 19.1. The van der Waals surface area contributed by atoms with E-state index in [1.54, 1.807) is 6.07 Å². The van der Waals surface area contributed by atoms with Crippen LogP contribution in [0.5, 0.6) is 5.75 Å². The van der Waals surface area contributed by atoms with Gasteiger partial charge in [0.15, 0.2) is 11.6 Å². The molecule has 0 aromatic heterocycles. The van der Waals surface area contributed by atoms with E-state index in [9.17, 15) is 14.0 Å². The van der Waals surface area contributed by atoms with E-state index < -0.39 is 23.1 Å². The molecule has 16 heavy (non-hydrogen) atoms. The number of carbonyl (C=O) groups excluding carboxylic acids is 1. The molecule has 0 aliphatic heterocycles. The van der Waals surface area contributed by atoms with Crippen molar-refractivity contribution in [3.63, 3.8) is 0 Å². The van der Waals surface area contributed by atoms with Crippen molar-refractivity contribution in [2.24, 2.45) is 0 Å². The van der Waals surface area contributed by atoms with E-state index >= 15 is 0 Å². The van der Waals surface area contributed by atoms with Crippen molar-refractivity contribution < 1.29 is 23.8 Å². The lowest BCUT2D eigenvalue weighted by Crippen LogP contribution is -2.13. The summed E-state index contributed by atoms with van der Waals surface area (Å²) < 4.78 is 17.9. The third-order valence-corrected chi connectivity index (χ3v) is 1.82. The number of aliphatic carboxylic acids is 1. The second-order valence-corrected chi connectivity index (χ2v) is 2.78. The van der Waals surface area contributed by atoms with Crippen molar-refractivity contribution in [2.45, 2.75) is 0 Å². The van der Waals surface area contributed by atoms with Gasteiger partial charge in [0, 0.05) is 5.56 Å². The van der Waals surface area contributed by atoms with Crippen LogP contribution in [0.4, 0.5) is 4.39 Å². The number of ether oxygens (including phenoxy) is 1. The average molecular weight is 223 g/mol. The number of Topliss-reactive ketones (excluding diaryl/α,β-unsaturated/α-hetero) is 1. The van der Waals surface area contributed by atoms with E-state index in [1.807, 2.05) is 0 Å². The molecule has 0 aliphatic carbocycles. The van der Waals surface area contributed by atoms with Gasteiger partial charge < -0.3 is 9.84 Å². The van der Waals surface area contributed by atoms with E-state index in [2.05, 4.69) is 4.74 Å². The summed E-state index contributed by atoms with van der Waals surface area (Å²) in [5.41, 5.74) is -0.630. The van der Waals surface area contributed by atoms with Crippen LogP contribution in [0.3, 0.4) is 0 Å². The Morgan fingerprint density at radius 3 is 2.56 bits per heavy atom. The highest BCUT2D eigenvalue weighted by Crippen LogP contribution is 2.23. The van der Waals surface area contributed by atoms with Gasteiger partial charge in [-0.15, -0.1) is 0 Å². The molecule has 1 rings (SSSR count). The summed E-state index contributed by atoms with van der Waals surface area (Å²) in [6.07, 6.45) is 0. The zero-order valence-electron chi connectivity index (χ0n) is 8.15. The Labute approximate surface area is 89.7 Å². The van der Waals surface area contributed by atoms with Gasteiger partial charge in [0.1, 0.15) is 6.07 Å². The maximum absolute atomic E-state index is 13.3. The fourth-order valence-corrected chi connectivity index (χ4v) is 1.14. The first-order chi connectivity index (χ1) is 7.51. The number of benzene rings is 1. The monoisotopic (exact) mass is 223 g/mol. The Hall–Kier alpha value is -2.42. The maximum atomic E-state index is 13.3. The average Bonchev–Trinajstić information content (AvgIpc) is 2.26. The fourth-order valence-electron chi connectivity index (χ4n) is 1.14. The molecular weight excluding hydrogens is 217 g/mol. The number of nitriles is 1. The Balaban J connectivity index is 3.38. The van der Waals surface area contributed by atoms with Crippen LogP contribution in [0.25, 0.3) is 0 Å². The minimum absolute atomic E-state index is 0.230. The number of halogens is 1. The Morgan fingerprint density at radius 1 is 1.50 bits per heavy atom. The molecule has 0 spiro atoms. The van der Waals surface area contributed by atoms with Crippen molar-refractivity contribution in [2.75, 3.05) is 7.11 Å². The molecule has 0 heterocycles. The first-order valence-corrected chi connectivity index (χ1v) is 4.06. The van der Waals surface area contributed by atoms with Gasteiger partial charge in [-0.3, -0.25) is 4.79 Å². The lowest BCUT2D eigenvalue weighted by molar-refractivity contribution is -0.131. The van der Waals surface area contributed by atoms with Crippen LogP contribution in [-0.4, -0.2) is 24.0 Å². The quantitative estimate of drug-likeness (QED) is 0.609. The van der Waals surface area contributed by atoms with Gasteiger partial charge in [-0.1, -0.05) is 0 Å². The molecule has 0 bridgehead atoms. The van der Waals surface area contributed by atoms with Gasteiger partial charge >= 0.3 is 5.97 Å². The third-order valence-electron chi connectivity index (χ3n) is 1.82. The van der Waals surface area contributed by atoms with Crippen molar-refractivity contribution in [3.8, 4) is 11.8 Å². The second-order valence-electron chi connectivity index (χ2n) is 2.78. The van der Waals surface area contributed by atoms with Crippen LogP contribution in [-0.2, 0) is 4.79 Å². The highest BCUT2D eigenvalue weighted by molar-refractivity contribution is 6.39. The minimum Gasteiger partial charge on any atom is -0.492 e. The third kappa shape index (κ3) is 1.98. The van der Waals surface area contributed by atoms with Crippen molar-refractivity contribution in [1.82, 2.24) is 0 Å². The van der Waals surface area contributed by atoms with Gasteiger partial charge in [0.2, 0.25) is 0 Å². The molecule has 0 fully saturated rings. The lowest BCUT2D eigenvalue weighted by Gasteiger charge is -2.05. The summed E-state index contributed by atoms with van der Waals surface area (Å²) in [5, 5.41) is 17.1. The summed E-state index contributed by atoms with van der Waals surface area (Å²) in [6, 6.07) is 3.30. The number of nitrogens with zero attached hydrogens (tertiary/aromatic N) is 1. The fraction of sp³-hybridized carbons (Fsp3) is 0.100. The van der Waals surface area contributed by atoms with Gasteiger partial charge in [0.05, 0.1) is 12.7 Å². The number of rotatable bonds is 3. The molecule has 5 nitrogen and oxygen atoms in total. The molecule has 0 radical (unpaired) electrons. The van der Waals surface area contributed by atoms with Gasteiger partial charge in [0.25, 0.3) is 5.78 Å². The number of carbonyl (C=O) groups is 2. The molecular formula is C10H6FNO4. The molecule has 82 valence electrons. The van der Waals surface area contributed by atoms with Crippen LogP contribution >= 0.6 is 0 Å². The largest absolute Gasteiger partial charge is 0.492 e. The van der Waals surface area contributed by atoms with E-state index in [-0.39, 0.29) is 11.3 Å². The number of carboxylic acid groups (broad SMARTS) is 1. The van der Waals surface area contributed by atoms with Crippen molar-refractivity contribution >= 4 is 11.8 Å². The van der Waals surface area contributed by atoms with Crippen molar-refractivity contribution in [1.29, 1.82) is 5.26 Å². The highest BCUT2D eigenvalue weighted by Gasteiger charge is 2.19. The standard InChI is InChI=1S/C10H6FNO4/c1-16-9-6(4-12)2-5(3-7(9)11)8(13)10(14)15/h2-3H,1H3,(H,14,15). The Bertz CT molecular complexity index is 504. The normalized spacial score (nSPS) is 9.31. The second kappa shape index (κ2) is 4.40. The molecule has 6 heteroatoms. The predicted molar refractivity (Wildman–Crippen MR) is 49.6 cm³/mol. The molecule has 0 saturated carbocycles. The molecule has 1 aromatic rings. The zero-order valence-corrected chi connectivity index (χ0v) is 8.15. The van der Waals surface area contributed by atoms with E-state index in [0.29, 0.717) is 0 Å². The predicted octanol–water partition coefficient (Wildman–Crippen LogP) is 0.973. The van der Waals surface area contributed by atoms with Crippen LogP contribution in [0.15, 0.2) is 12.1 Å². The minimum atomic E-state index is -1.71. The topological polar surface area (TPSA) is 87.4 Å². The van der Waals surface area contributed by atoms with Gasteiger partial charge in [-0.05, 0) is 12.1 Å². The Morgan fingerprint density at radius 2 is 2.12 bits per heavy atom. The van der Waals surface area contributed by atoms with Gasteiger partial charge in [-0.2, -0.15) is 5.26 Å². The van der Waals surface area contributed by atoms with E-state index in [1.165, 1.54) is 0 Å². The van der Waals surface area contributed by atoms with Crippen molar-refractivity contribution in [3.05, 3.63) is 29.1 Å². The first kappa shape index (κ1) is 11.7. The number of ketones is 1. The summed E-state index contributed by atoms with van der Waals surface area (Å²) in [5.74, 6) is -4.26. The molecule has 0 atom stereocenters. The summed E-state index contributed by atoms with van der Waals surface area (Å²) >= 11 is 0.